The second-order valence-electron chi connectivity index (χ2n) is 5.91. The number of hydrogen-bond donors (Lipinski definition) is 2. The molecule has 0 unspecified atom stereocenters. The Morgan fingerprint density at radius 1 is 1.44 bits per heavy atom. The van der Waals surface area contributed by atoms with Gasteiger partial charge in [0.1, 0.15) is 17.9 Å². The number of aliphatic hydroxyl groups is 1. The Morgan fingerprint density at radius 3 is 2.96 bits per heavy atom. The Balaban J connectivity index is 1.53. The zero-order valence-electron chi connectivity index (χ0n) is 13.4. The number of rotatable bonds is 4. The maximum Gasteiger partial charge on any atom is 0.174 e. The fraction of sp³-hybridized carbons (Fsp3) is 0.615. The Hall–Kier alpha value is -0.420. The number of imidazole rings is 1. The quantitative estimate of drug-likeness (QED) is 0.715. The average molecular weight is 419 g/mol. The van der Waals surface area contributed by atoms with Crippen molar-refractivity contribution in [2.45, 2.75) is 25.4 Å². The summed E-state index contributed by atoms with van der Waals surface area (Å²) in [6, 6.07) is 0. The smallest absolute Gasteiger partial charge is 0.174 e. The summed E-state index contributed by atoms with van der Waals surface area (Å²) >= 11 is 9.08. The van der Waals surface area contributed by atoms with Crippen LogP contribution in [0.15, 0.2) is 12.7 Å². The second-order valence-corrected chi connectivity index (χ2v) is 16.7. The van der Waals surface area contributed by atoms with E-state index in [-0.39, 0.29) is 12.0 Å². The fourth-order valence-corrected chi connectivity index (χ4v) is 11.8. The van der Waals surface area contributed by atoms with Crippen molar-refractivity contribution < 1.29 is 14.4 Å². The van der Waals surface area contributed by atoms with Crippen molar-refractivity contribution in [3.8, 4) is 0 Å². The molecule has 2 aromatic heterocycles. The van der Waals surface area contributed by atoms with Crippen molar-refractivity contribution in [3.63, 3.8) is 0 Å². The molecule has 2 aromatic rings. The summed E-state index contributed by atoms with van der Waals surface area (Å²) in [5, 5.41) is 10.7. The molecule has 2 fully saturated rings. The molecule has 136 valence electrons. The van der Waals surface area contributed by atoms with Gasteiger partial charge in [-0.25, -0.2) is 15.0 Å². The SMILES string of the molecule is C[C@H]1[C@@H](O)[C@H](n2cnc3c(N)ncnc32)O[C@@H]1COP1(=S)SCCS1. The maximum absolute atomic E-state index is 10.7. The molecule has 0 amide bonds. The van der Waals surface area contributed by atoms with Crippen molar-refractivity contribution in [3.05, 3.63) is 12.7 Å². The van der Waals surface area contributed by atoms with Gasteiger partial charge in [-0.2, -0.15) is 0 Å². The molecule has 3 N–H and O–H groups in total. The minimum atomic E-state index is -1.85. The molecule has 8 nitrogen and oxygen atoms in total. The van der Waals surface area contributed by atoms with Crippen molar-refractivity contribution >= 4 is 56.2 Å². The molecule has 25 heavy (non-hydrogen) atoms. The monoisotopic (exact) mass is 419 g/mol. The standard InChI is InChI=1S/C13H18N5O3PS3/c1-7-8(4-20-22(23)24-2-3-25-22)21-13(10(7)19)18-6-17-9-11(14)15-5-16-12(9)18/h5-8,10,13,19H,2-4H2,1H3,(H2,14,15,16)/t7-,8-,10-,13-/m1/s1. The maximum atomic E-state index is 10.7. The highest BCUT2D eigenvalue weighted by molar-refractivity contribution is 9.00. The van der Waals surface area contributed by atoms with Gasteiger partial charge in [-0.1, -0.05) is 29.7 Å². The summed E-state index contributed by atoms with van der Waals surface area (Å²) in [5.41, 5.74) is 6.87. The van der Waals surface area contributed by atoms with Crippen LogP contribution in [0, 0.1) is 5.92 Å². The second kappa shape index (κ2) is 6.95. The molecule has 4 heterocycles. The van der Waals surface area contributed by atoms with Crippen LogP contribution < -0.4 is 5.73 Å². The van der Waals surface area contributed by atoms with E-state index < -0.39 is 17.0 Å². The zero-order chi connectivity index (χ0) is 17.6. The molecule has 0 aliphatic carbocycles. The fourth-order valence-electron chi connectivity index (χ4n) is 2.92. The van der Waals surface area contributed by atoms with Gasteiger partial charge in [-0.05, 0) is 11.8 Å². The summed E-state index contributed by atoms with van der Waals surface area (Å²) < 4.78 is 11.9. The molecule has 0 aromatic carbocycles. The Morgan fingerprint density at radius 2 is 2.20 bits per heavy atom. The van der Waals surface area contributed by atoms with E-state index in [0.29, 0.717) is 23.6 Å². The van der Waals surface area contributed by atoms with Gasteiger partial charge < -0.3 is 20.1 Å². The van der Waals surface area contributed by atoms with E-state index in [2.05, 4.69) is 15.0 Å². The lowest BCUT2D eigenvalue weighted by Gasteiger charge is -2.19. The number of fused-ring (bicyclic) bond motifs is 1. The lowest BCUT2D eigenvalue weighted by atomic mass is 10.0. The number of aliphatic hydroxyl groups excluding tert-OH is 1. The van der Waals surface area contributed by atoms with E-state index in [1.165, 1.54) is 6.33 Å². The van der Waals surface area contributed by atoms with Crippen LogP contribution in [0.4, 0.5) is 5.82 Å². The molecule has 2 saturated heterocycles. The number of anilines is 1. The molecule has 4 rings (SSSR count). The molecule has 2 aliphatic rings. The summed E-state index contributed by atoms with van der Waals surface area (Å²) in [6.45, 7) is 2.33. The van der Waals surface area contributed by atoms with Gasteiger partial charge in [0.2, 0.25) is 0 Å². The lowest BCUT2D eigenvalue weighted by molar-refractivity contribution is -0.0447. The molecular formula is C13H18N5O3PS3. The molecule has 0 bridgehead atoms. The van der Waals surface area contributed by atoms with Crippen LogP contribution in [0.3, 0.4) is 0 Å². The summed E-state index contributed by atoms with van der Waals surface area (Å²) in [4.78, 5) is 12.4. The normalized spacial score (nSPS) is 31.8. The van der Waals surface area contributed by atoms with Crippen molar-refractivity contribution in [1.82, 2.24) is 19.5 Å². The zero-order valence-corrected chi connectivity index (χ0v) is 16.7. The minimum Gasteiger partial charge on any atom is -0.388 e. The number of nitrogens with zero attached hydrogens (tertiary/aromatic N) is 4. The third kappa shape index (κ3) is 3.31. The van der Waals surface area contributed by atoms with Crippen LogP contribution >= 0.6 is 27.4 Å². The summed E-state index contributed by atoms with van der Waals surface area (Å²) in [6.07, 6.45) is 1.42. The molecular weight excluding hydrogens is 401 g/mol. The minimum absolute atomic E-state index is 0.0964. The summed E-state index contributed by atoms with van der Waals surface area (Å²) in [5.74, 6) is 2.28. The number of aromatic nitrogens is 4. The number of ether oxygens (including phenoxy) is 1. The highest BCUT2D eigenvalue weighted by Gasteiger charge is 2.43. The van der Waals surface area contributed by atoms with Gasteiger partial charge in [0.25, 0.3) is 0 Å². The van der Waals surface area contributed by atoms with Gasteiger partial charge >= 0.3 is 0 Å². The van der Waals surface area contributed by atoms with Crippen LogP contribution in [-0.4, -0.2) is 54.9 Å². The van der Waals surface area contributed by atoms with Crippen molar-refractivity contribution in [1.29, 1.82) is 0 Å². The molecule has 2 aliphatic heterocycles. The molecule has 0 spiro atoms. The van der Waals surface area contributed by atoms with Crippen molar-refractivity contribution in [2.24, 2.45) is 5.92 Å². The Kier molecular flexibility index (Phi) is 5.00. The Bertz CT molecular complexity index is 826. The van der Waals surface area contributed by atoms with E-state index in [1.54, 1.807) is 33.7 Å². The van der Waals surface area contributed by atoms with Crippen LogP contribution in [0.1, 0.15) is 13.2 Å². The van der Waals surface area contributed by atoms with Crippen LogP contribution in [-0.2, 0) is 21.1 Å². The van der Waals surface area contributed by atoms with E-state index in [4.69, 9.17) is 26.8 Å². The van der Waals surface area contributed by atoms with Crippen molar-refractivity contribution in [2.75, 3.05) is 23.8 Å². The van der Waals surface area contributed by atoms with E-state index in [0.717, 1.165) is 11.5 Å². The van der Waals surface area contributed by atoms with Crippen LogP contribution in [0.2, 0.25) is 0 Å². The number of nitrogens with two attached hydrogens (primary N) is 1. The van der Waals surface area contributed by atoms with Gasteiger partial charge in [-0.15, -0.1) is 0 Å². The molecule has 12 heteroatoms. The first-order chi connectivity index (χ1) is 12.0. The molecule has 4 atom stereocenters. The third-order valence-electron chi connectivity index (χ3n) is 4.37. The number of hydrogen-bond acceptors (Lipinski definition) is 10. The Labute approximate surface area is 157 Å². The van der Waals surface area contributed by atoms with Gasteiger partial charge in [0.15, 0.2) is 22.4 Å². The van der Waals surface area contributed by atoms with Crippen LogP contribution in [0.25, 0.3) is 11.2 Å². The van der Waals surface area contributed by atoms with Crippen LogP contribution in [0.5, 0.6) is 0 Å². The van der Waals surface area contributed by atoms with Gasteiger partial charge in [0.05, 0.1) is 19.0 Å². The third-order valence-corrected chi connectivity index (χ3v) is 14.2. The molecule has 0 radical (unpaired) electrons. The lowest BCUT2D eigenvalue weighted by Crippen LogP contribution is -2.25. The van der Waals surface area contributed by atoms with Gasteiger partial charge in [-0.3, -0.25) is 4.57 Å². The van der Waals surface area contributed by atoms with Gasteiger partial charge in [0, 0.05) is 17.4 Å². The van der Waals surface area contributed by atoms with E-state index in [1.807, 2.05) is 6.92 Å². The highest BCUT2D eigenvalue weighted by Crippen LogP contribution is 2.74. The van der Waals surface area contributed by atoms with E-state index >= 15 is 0 Å². The topological polar surface area (TPSA) is 108 Å². The van der Waals surface area contributed by atoms with E-state index in [9.17, 15) is 5.11 Å². The first kappa shape index (κ1) is 18.0. The largest absolute Gasteiger partial charge is 0.388 e. The first-order valence-electron chi connectivity index (χ1n) is 7.79. The summed E-state index contributed by atoms with van der Waals surface area (Å²) in [7, 11) is 0. The first-order valence-corrected chi connectivity index (χ1v) is 13.7. The predicted octanol–water partition coefficient (Wildman–Crippen LogP) is 2.02. The molecule has 0 saturated carbocycles. The predicted molar refractivity (Wildman–Crippen MR) is 104 cm³/mol. The number of nitrogen functional groups attached to an aromatic ring is 1. The average Bonchev–Trinajstić information content (AvgIpc) is 3.27. The highest BCUT2D eigenvalue weighted by atomic mass is 33.2.